The molecule has 1 fully saturated rings. The third-order valence-electron chi connectivity index (χ3n) is 6.87. The summed E-state index contributed by atoms with van der Waals surface area (Å²) in [6, 6.07) is 9.42. The van der Waals surface area contributed by atoms with E-state index in [0.717, 1.165) is 30.8 Å². The van der Waals surface area contributed by atoms with Crippen LogP contribution in [0.3, 0.4) is 0 Å². The number of ether oxygens (including phenoxy) is 2. The third-order valence-corrected chi connectivity index (χ3v) is 6.87. The summed E-state index contributed by atoms with van der Waals surface area (Å²) in [6.45, 7) is 10.1. The highest BCUT2D eigenvalue weighted by atomic mass is 16.5. The first-order chi connectivity index (χ1) is 16.0. The van der Waals surface area contributed by atoms with E-state index in [2.05, 4.69) is 16.4 Å². The van der Waals surface area contributed by atoms with Crippen LogP contribution < -0.4 is 10.1 Å². The van der Waals surface area contributed by atoms with Gasteiger partial charge in [-0.2, -0.15) is 0 Å². The molecule has 34 heavy (non-hydrogen) atoms. The molecule has 8 heteroatoms. The second-order valence-corrected chi connectivity index (χ2v) is 10.4. The van der Waals surface area contributed by atoms with Crippen molar-refractivity contribution in [2.24, 2.45) is 0 Å². The van der Waals surface area contributed by atoms with E-state index in [4.69, 9.17) is 9.47 Å². The molecule has 4 rings (SSSR count). The summed E-state index contributed by atoms with van der Waals surface area (Å²) in [5.74, 6) is 0.813. The number of rotatable bonds is 6. The van der Waals surface area contributed by atoms with Gasteiger partial charge in [0.15, 0.2) is 0 Å². The van der Waals surface area contributed by atoms with Gasteiger partial charge >= 0.3 is 6.09 Å². The van der Waals surface area contributed by atoms with Gasteiger partial charge < -0.3 is 19.9 Å². The quantitative estimate of drug-likeness (QED) is 0.596. The molecular weight excluding hydrogens is 434 g/mol. The Morgan fingerprint density at radius 1 is 1.21 bits per heavy atom. The molecule has 0 radical (unpaired) electrons. The first-order valence-corrected chi connectivity index (χ1v) is 11.7. The minimum absolute atomic E-state index is 0.0613. The standard InChI is InChI=1S/C26H33N3O5/c1-6-25(5,29(23(31)32)24(2,3)4)22(30)28-18-10-11-20(27-14-18)34-19-9-7-8-17-15-33-16-26(12-13-26)21(17)19/h7-11,14H,6,12-13,15-16H2,1-5H3,(H,28,30)(H,31,32)/t25-/m1/s1. The number of nitrogens with zero attached hydrogens (tertiary/aromatic N) is 2. The van der Waals surface area contributed by atoms with Gasteiger partial charge in [-0.1, -0.05) is 19.1 Å². The molecule has 1 atom stereocenters. The maximum Gasteiger partial charge on any atom is 0.408 e. The van der Waals surface area contributed by atoms with Gasteiger partial charge in [0.25, 0.3) is 0 Å². The molecule has 2 aromatic rings. The van der Waals surface area contributed by atoms with E-state index in [-0.39, 0.29) is 5.41 Å². The van der Waals surface area contributed by atoms with Crippen molar-refractivity contribution >= 4 is 17.7 Å². The van der Waals surface area contributed by atoms with Crippen molar-refractivity contribution < 1.29 is 24.2 Å². The number of nitrogens with one attached hydrogen (secondary N) is 1. The van der Waals surface area contributed by atoms with Crippen LogP contribution in [0.15, 0.2) is 36.5 Å². The molecular formula is C26H33N3O5. The van der Waals surface area contributed by atoms with Crippen LogP contribution in [-0.4, -0.2) is 44.7 Å². The van der Waals surface area contributed by atoms with E-state index in [0.29, 0.717) is 24.6 Å². The molecule has 2 aliphatic rings. The zero-order valence-electron chi connectivity index (χ0n) is 20.5. The maximum atomic E-state index is 13.2. The lowest BCUT2D eigenvalue weighted by Crippen LogP contribution is -2.63. The maximum absolute atomic E-state index is 13.2. The van der Waals surface area contributed by atoms with Gasteiger partial charge in [-0.15, -0.1) is 0 Å². The Morgan fingerprint density at radius 2 is 1.94 bits per heavy atom. The summed E-state index contributed by atoms with van der Waals surface area (Å²) in [5.41, 5.74) is 0.914. The summed E-state index contributed by atoms with van der Waals surface area (Å²) in [4.78, 5) is 30.8. The zero-order valence-corrected chi connectivity index (χ0v) is 20.5. The van der Waals surface area contributed by atoms with Crippen LogP contribution in [0, 0.1) is 0 Å². The Bertz CT molecular complexity index is 1090. The summed E-state index contributed by atoms with van der Waals surface area (Å²) >= 11 is 0. The van der Waals surface area contributed by atoms with Crippen LogP contribution in [0.25, 0.3) is 0 Å². The van der Waals surface area contributed by atoms with Gasteiger partial charge in [-0.05, 0) is 64.7 Å². The van der Waals surface area contributed by atoms with Gasteiger partial charge in [-0.25, -0.2) is 9.78 Å². The molecule has 1 aliphatic heterocycles. The minimum Gasteiger partial charge on any atom is -0.465 e. The van der Waals surface area contributed by atoms with Crippen molar-refractivity contribution in [3.05, 3.63) is 47.7 Å². The number of pyridine rings is 1. The van der Waals surface area contributed by atoms with E-state index < -0.39 is 23.1 Å². The van der Waals surface area contributed by atoms with Crippen molar-refractivity contribution in [2.75, 3.05) is 11.9 Å². The molecule has 1 aromatic carbocycles. The molecule has 1 aliphatic carbocycles. The van der Waals surface area contributed by atoms with Gasteiger partial charge in [-0.3, -0.25) is 9.69 Å². The molecule has 8 nitrogen and oxygen atoms in total. The summed E-state index contributed by atoms with van der Waals surface area (Å²) < 4.78 is 11.9. The number of carbonyl (C=O) groups excluding carboxylic acids is 1. The van der Waals surface area contributed by atoms with E-state index in [9.17, 15) is 14.7 Å². The smallest absolute Gasteiger partial charge is 0.408 e. The van der Waals surface area contributed by atoms with Gasteiger partial charge in [0.2, 0.25) is 11.8 Å². The Labute approximate surface area is 200 Å². The topological polar surface area (TPSA) is 101 Å². The minimum atomic E-state index is -1.25. The number of hydrogen-bond donors (Lipinski definition) is 2. The number of anilines is 1. The number of carbonyl (C=O) groups is 2. The molecule has 2 heterocycles. The van der Waals surface area contributed by atoms with Gasteiger partial charge in [0.05, 0.1) is 25.1 Å². The van der Waals surface area contributed by atoms with Crippen molar-refractivity contribution in [3.8, 4) is 11.6 Å². The lowest BCUT2D eigenvalue weighted by molar-refractivity contribution is -0.129. The van der Waals surface area contributed by atoms with E-state index in [1.54, 1.807) is 46.8 Å². The number of benzene rings is 1. The molecule has 1 spiro atoms. The number of fused-ring (bicyclic) bond motifs is 2. The molecule has 182 valence electrons. The van der Waals surface area contributed by atoms with E-state index in [1.165, 1.54) is 16.7 Å². The average Bonchev–Trinajstić information content (AvgIpc) is 3.53. The Hall–Kier alpha value is -3.13. The number of amides is 2. The molecule has 0 saturated heterocycles. The summed E-state index contributed by atoms with van der Waals surface area (Å²) in [6.07, 6.45) is 2.89. The highest BCUT2D eigenvalue weighted by Gasteiger charge is 2.50. The summed E-state index contributed by atoms with van der Waals surface area (Å²) in [7, 11) is 0. The molecule has 1 saturated carbocycles. The van der Waals surface area contributed by atoms with Crippen LogP contribution >= 0.6 is 0 Å². The zero-order chi connectivity index (χ0) is 24.7. The number of hydrogen-bond acceptors (Lipinski definition) is 5. The molecule has 0 bridgehead atoms. The lowest BCUT2D eigenvalue weighted by Gasteiger charge is -2.45. The Kier molecular flexibility index (Phi) is 6.06. The molecule has 2 amide bonds. The second-order valence-electron chi connectivity index (χ2n) is 10.4. The van der Waals surface area contributed by atoms with Crippen LogP contribution in [0.2, 0.25) is 0 Å². The van der Waals surface area contributed by atoms with Crippen molar-refractivity contribution in [1.29, 1.82) is 0 Å². The fourth-order valence-electron chi connectivity index (χ4n) is 4.91. The largest absolute Gasteiger partial charge is 0.465 e. The predicted molar refractivity (Wildman–Crippen MR) is 128 cm³/mol. The van der Waals surface area contributed by atoms with Crippen LogP contribution in [0.5, 0.6) is 11.6 Å². The molecule has 0 unspecified atom stereocenters. The first-order valence-electron chi connectivity index (χ1n) is 11.7. The van der Waals surface area contributed by atoms with Crippen LogP contribution in [0.1, 0.15) is 65.0 Å². The SMILES string of the molecule is CC[C@](C)(C(=O)Nc1ccc(Oc2cccc3c2C2(CC2)COC3)nc1)N(C(=O)O)C(C)(C)C. The summed E-state index contributed by atoms with van der Waals surface area (Å²) in [5, 5.41) is 12.6. The van der Waals surface area contributed by atoms with Gasteiger partial charge in [0, 0.05) is 22.6 Å². The normalized spacial score (nSPS) is 17.9. The van der Waals surface area contributed by atoms with E-state index in [1.807, 2.05) is 12.1 Å². The fourth-order valence-corrected chi connectivity index (χ4v) is 4.91. The lowest BCUT2D eigenvalue weighted by atomic mass is 9.89. The number of aromatic nitrogens is 1. The van der Waals surface area contributed by atoms with Crippen molar-refractivity contribution in [1.82, 2.24) is 9.88 Å². The monoisotopic (exact) mass is 467 g/mol. The number of carboxylic acid groups (broad SMARTS) is 1. The third kappa shape index (κ3) is 4.34. The highest BCUT2D eigenvalue weighted by Crippen LogP contribution is 2.55. The fraction of sp³-hybridized carbons (Fsp3) is 0.500. The Balaban J connectivity index is 1.51. The van der Waals surface area contributed by atoms with Crippen LogP contribution in [-0.2, 0) is 21.6 Å². The van der Waals surface area contributed by atoms with E-state index >= 15 is 0 Å². The second kappa shape index (κ2) is 8.58. The average molecular weight is 468 g/mol. The van der Waals surface area contributed by atoms with Crippen molar-refractivity contribution in [3.63, 3.8) is 0 Å². The highest BCUT2D eigenvalue weighted by molar-refractivity contribution is 5.99. The van der Waals surface area contributed by atoms with Crippen LogP contribution in [0.4, 0.5) is 10.5 Å². The molecule has 1 aromatic heterocycles. The van der Waals surface area contributed by atoms with Gasteiger partial charge in [0.1, 0.15) is 11.3 Å². The molecule has 2 N–H and O–H groups in total. The first kappa shape index (κ1) is 24.0. The predicted octanol–water partition coefficient (Wildman–Crippen LogP) is 5.32. The Morgan fingerprint density at radius 3 is 2.50 bits per heavy atom. The van der Waals surface area contributed by atoms with Crippen molar-refractivity contribution in [2.45, 2.75) is 77.0 Å².